The van der Waals surface area contributed by atoms with Gasteiger partial charge in [-0.05, 0) is 30.5 Å². The number of fused-ring (bicyclic) bond motifs is 1. The molecule has 1 N–H and O–H groups in total. The Morgan fingerprint density at radius 1 is 1.27 bits per heavy atom. The fourth-order valence-corrected chi connectivity index (χ4v) is 4.49. The molecule has 0 spiro atoms. The second kappa shape index (κ2) is 8.49. The van der Waals surface area contributed by atoms with E-state index in [1.165, 1.54) is 17.4 Å². The van der Waals surface area contributed by atoms with Gasteiger partial charge in [0.1, 0.15) is 0 Å². The van der Waals surface area contributed by atoms with E-state index in [-0.39, 0.29) is 18.6 Å². The van der Waals surface area contributed by atoms with Crippen LogP contribution in [0.1, 0.15) is 22.7 Å². The molecular weight excluding hydrogens is 390 g/mol. The van der Waals surface area contributed by atoms with Crippen LogP contribution in [0.2, 0.25) is 5.02 Å². The highest BCUT2D eigenvalue weighted by molar-refractivity contribution is 7.20. The quantitative estimate of drug-likeness (QED) is 0.461. The average Bonchev–Trinajstić information content (AvgIpc) is 3.27. The van der Waals surface area contributed by atoms with Gasteiger partial charge < -0.3 is 10.1 Å². The fourth-order valence-electron chi connectivity index (χ4n) is 2.36. The Morgan fingerprint density at radius 2 is 2.08 bits per heavy atom. The van der Waals surface area contributed by atoms with Crippen LogP contribution in [0.15, 0.2) is 47.9 Å². The Balaban J connectivity index is 1.52. The highest BCUT2D eigenvalue weighted by Gasteiger charge is 2.12. The van der Waals surface area contributed by atoms with Crippen LogP contribution in [0.4, 0.5) is 0 Å². The van der Waals surface area contributed by atoms with Crippen LogP contribution in [0.25, 0.3) is 16.2 Å². The maximum absolute atomic E-state index is 11.9. The molecule has 0 radical (unpaired) electrons. The molecule has 26 heavy (non-hydrogen) atoms. The summed E-state index contributed by atoms with van der Waals surface area (Å²) in [6.07, 6.45) is 2.90. The van der Waals surface area contributed by atoms with Gasteiger partial charge in [-0.1, -0.05) is 35.9 Å². The maximum Gasteiger partial charge on any atom is 0.331 e. The zero-order chi connectivity index (χ0) is 18.5. The van der Waals surface area contributed by atoms with Crippen LogP contribution in [-0.2, 0) is 14.3 Å². The Hall–Kier alpha value is -2.15. The summed E-state index contributed by atoms with van der Waals surface area (Å²) in [4.78, 5) is 25.5. The van der Waals surface area contributed by atoms with Gasteiger partial charge in [0.25, 0.3) is 5.91 Å². The number of esters is 1. The molecule has 0 aliphatic rings. The number of amides is 1. The van der Waals surface area contributed by atoms with Gasteiger partial charge in [-0.2, -0.15) is 0 Å². The summed E-state index contributed by atoms with van der Waals surface area (Å²) in [5.41, 5.74) is 0. The average molecular weight is 406 g/mol. The molecule has 0 bridgehead atoms. The van der Waals surface area contributed by atoms with Crippen LogP contribution in [0.5, 0.6) is 0 Å². The minimum absolute atomic E-state index is 0.117. The molecule has 4 nitrogen and oxygen atoms in total. The number of nitrogens with one attached hydrogen (secondary N) is 1. The molecule has 1 amide bonds. The van der Waals surface area contributed by atoms with Crippen molar-refractivity contribution in [1.82, 2.24) is 5.32 Å². The molecule has 3 aromatic rings. The van der Waals surface area contributed by atoms with Crippen molar-refractivity contribution in [3.05, 3.63) is 62.6 Å². The third-order valence-corrected chi connectivity index (χ3v) is 6.33. The van der Waals surface area contributed by atoms with Crippen LogP contribution >= 0.6 is 34.3 Å². The smallest absolute Gasteiger partial charge is 0.331 e. The van der Waals surface area contributed by atoms with Crippen molar-refractivity contribution in [2.24, 2.45) is 0 Å². The number of hydrogen-bond donors (Lipinski definition) is 1. The van der Waals surface area contributed by atoms with Crippen LogP contribution < -0.4 is 5.32 Å². The maximum atomic E-state index is 11.9. The third kappa shape index (κ3) is 4.52. The number of halogens is 1. The first-order chi connectivity index (χ1) is 12.5. The zero-order valence-corrected chi connectivity index (χ0v) is 16.3. The molecule has 134 valence electrons. The molecule has 0 fully saturated rings. The van der Waals surface area contributed by atoms with E-state index in [1.807, 2.05) is 48.7 Å². The van der Waals surface area contributed by atoms with E-state index >= 15 is 0 Å². The van der Waals surface area contributed by atoms with Gasteiger partial charge in [0.15, 0.2) is 6.61 Å². The van der Waals surface area contributed by atoms with Crippen molar-refractivity contribution < 1.29 is 14.3 Å². The zero-order valence-electron chi connectivity index (χ0n) is 13.9. The summed E-state index contributed by atoms with van der Waals surface area (Å²) in [6.45, 7) is 1.56. The monoisotopic (exact) mass is 405 g/mol. The van der Waals surface area contributed by atoms with Crippen molar-refractivity contribution in [3.8, 4) is 0 Å². The Morgan fingerprint density at radius 3 is 2.81 bits per heavy atom. The largest absolute Gasteiger partial charge is 0.452 e. The molecule has 0 saturated heterocycles. The molecule has 7 heteroatoms. The highest BCUT2D eigenvalue weighted by Crippen LogP contribution is 2.35. The third-order valence-electron chi connectivity index (χ3n) is 3.62. The second-order valence-electron chi connectivity index (χ2n) is 5.52. The molecule has 0 unspecified atom stereocenters. The summed E-state index contributed by atoms with van der Waals surface area (Å²) in [5, 5.41) is 6.30. The fraction of sp³-hybridized carbons (Fsp3) is 0.158. The number of carbonyl (C=O) groups is 2. The van der Waals surface area contributed by atoms with Gasteiger partial charge >= 0.3 is 5.97 Å². The van der Waals surface area contributed by atoms with Crippen molar-refractivity contribution in [2.75, 3.05) is 6.61 Å². The van der Waals surface area contributed by atoms with Crippen LogP contribution in [0.3, 0.4) is 0 Å². The Bertz CT molecular complexity index is 947. The van der Waals surface area contributed by atoms with Crippen molar-refractivity contribution in [2.45, 2.75) is 13.0 Å². The molecule has 1 atom stereocenters. The summed E-state index contributed by atoms with van der Waals surface area (Å²) in [5.74, 6) is -0.926. The molecule has 0 aliphatic carbocycles. The SMILES string of the molecule is C[C@@H](NC(=O)COC(=O)/C=C/c1sc2ccccc2c1Cl)c1cccs1. The normalized spacial score (nSPS) is 12.4. The first-order valence-electron chi connectivity index (χ1n) is 7.89. The molecule has 1 aromatic carbocycles. The first-order valence-corrected chi connectivity index (χ1v) is 9.96. The van der Waals surface area contributed by atoms with E-state index in [0.29, 0.717) is 5.02 Å². The number of ether oxygens (including phenoxy) is 1. The minimum Gasteiger partial charge on any atom is -0.452 e. The molecule has 2 heterocycles. The number of benzene rings is 1. The predicted octanol–water partition coefficient (Wildman–Crippen LogP) is 5.05. The van der Waals surface area contributed by atoms with Gasteiger partial charge in [-0.25, -0.2) is 4.79 Å². The summed E-state index contributed by atoms with van der Waals surface area (Å²) in [7, 11) is 0. The van der Waals surface area contributed by atoms with E-state index < -0.39 is 5.97 Å². The van der Waals surface area contributed by atoms with Crippen molar-refractivity contribution in [3.63, 3.8) is 0 Å². The van der Waals surface area contributed by atoms with E-state index in [4.69, 9.17) is 16.3 Å². The second-order valence-corrected chi connectivity index (χ2v) is 7.96. The van der Waals surface area contributed by atoms with Gasteiger partial charge in [0.05, 0.1) is 11.1 Å². The molecule has 0 saturated carbocycles. The lowest BCUT2D eigenvalue weighted by Gasteiger charge is -2.11. The summed E-state index contributed by atoms with van der Waals surface area (Å²) in [6, 6.07) is 11.5. The summed E-state index contributed by atoms with van der Waals surface area (Å²) >= 11 is 9.37. The molecule has 0 aliphatic heterocycles. The lowest BCUT2D eigenvalue weighted by molar-refractivity contribution is -0.144. The first kappa shape index (κ1) is 18.6. The van der Waals surface area contributed by atoms with E-state index in [1.54, 1.807) is 17.4 Å². The van der Waals surface area contributed by atoms with Crippen molar-refractivity contribution >= 4 is 62.3 Å². The number of rotatable bonds is 6. The number of carbonyl (C=O) groups excluding carboxylic acids is 2. The lowest BCUT2D eigenvalue weighted by Crippen LogP contribution is -2.30. The predicted molar refractivity (Wildman–Crippen MR) is 108 cm³/mol. The highest BCUT2D eigenvalue weighted by atomic mass is 35.5. The number of thiophene rings is 2. The van der Waals surface area contributed by atoms with Crippen molar-refractivity contribution in [1.29, 1.82) is 0 Å². The van der Waals surface area contributed by atoms with Gasteiger partial charge in [-0.15, -0.1) is 22.7 Å². The minimum atomic E-state index is -0.586. The van der Waals surface area contributed by atoms with Crippen LogP contribution in [0, 0.1) is 0 Å². The van der Waals surface area contributed by atoms with E-state index in [0.717, 1.165) is 19.8 Å². The lowest BCUT2D eigenvalue weighted by atomic mass is 10.2. The Kier molecular flexibility index (Phi) is 6.08. The summed E-state index contributed by atoms with van der Waals surface area (Å²) < 4.78 is 6.03. The van der Waals surface area contributed by atoms with Gasteiger partial charge in [0.2, 0.25) is 0 Å². The number of hydrogen-bond acceptors (Lipinski definition) is 5. The van der Waals surface area contributed by atoms with E-state index in [2.05, 4.69) is 5.32 Å². The van der Waals surface area contributed by atoms with Gasteiger partial charge in [0, 0.05) is 25.9 Å². The molecular formula is C19H16ClNO3S2. The van der Waals surface area contributed by atoms with Gasteiger partial charge in [-0.3, -0.25) is 4.79 Å². The Labute approximate surface area is 164 Å². The van der Waals surface area contributed by atoms with Crippen LogP contribution in [-0.4, -0.2) is 18.5 Å². The van der Waals surface area contributed by atoms with E-state index in [9.17, 15) is 9.59 Å². The standard InChI is InChI=1S/C19H16ClNO3S2/c1-12(14-7-4-10-25-14)21-17(22)11-24-18(23)9-8-16-19(20)13-5-2-3-6-15(13)26-16/h2-10,12H,11H2,1H3,(H,21,22)/b9-8+/t12-/m1/s1. The molecule has 2 aromatic heterocycles. The molecule has 3 rings (SSSR count). The topological polar surface area (TPSA) is 55.4 Å².